The van der Waals surface area contributed by atoms with Gasteiger partial charge in [0.15, 0.2) is 0 Å². The molecule has 0 aromatic carbocycles. The van der Waals surface area contributed by atoms with Crippen molar-refractivity contribution in [1.82, 2.24) is 10.6 Å². The maximum atomic E-state index is 11.8. The molecule has 1 aliphatic heterocycles. The van der Waals surface area contributed by atoms with E-state index in [9.17, 15) is 9.59 Å². The largest absolute Gasteiger partial charge is 0.481 e. The van der Waals surface area contributed by atoms with Gasteiger partial charge in [-0.1, -0.05) is 20.3 Å². The molecule has 0 spiro atoms. The summed E-state index contributed by atoms with van der Waals surface area (Å²) in [5.41, 5.74) is 0. The van der Waals surface area contributed by atoms with E-state index in [1.807, 2.05) is 13.8 Å². The zero-order valence-electron chi connectivity index (χ0n) is 10.5. The summed E-state index contributed by atoms with van der Waals surface area (Å²) >= 11 is 0. The zero-order valence-corrected chi connectivity index (χ0v) is 10.5. The van der Waals surface area contributed by atoms with E-state index in [0.29, 0.717) is 0 Å². The summed E-state index contributed by atoms with van der Waals surface area (Å²) < 4.78 is 0. The van der Waals surface area contributed by atoms with E-state index < -0.39 is 11.9 Å². The molecule has 0 bridgehead atoms. The van der Waals surface area contributed by atoms with Gasteiger partial charge in [0.1, 0.15) is 0 Å². The highest BCUT2D eigenvalue weighted by Gasteiger charge is 2.25. The van der Waals surface area contributed by atoms with Gasteiger partial charge in [-0.15, -0.1) is 0 Å². The van der Waals surface area contributed by atoms with Crippen LogP contribution in [0.1, 0.15) is 33.1 Å². The number of carboxylic acid groups (broad SMARTS) is 1. The van der Waals surface area contributed by atoms with Crippen molar-refractivity contribution in [2.24, 2.45) is 11.8 Å². The van der Waals surface area contributed by atoms with E-state index in [2.05, 4.69) is 10.6 Å². The van der Waals surface area contributed by atoms with Gasteiger partial charge in [-0.05, 0) is 25.3 Å². The van der Waals surface area contributed by atoms with E-state index in [0.717, 1.165) is 25.8 Å². The van der Waals surface area contributed by atoms with E-state index in [1.54, 1.807) is 0 Å². The fourth-order valence-corrected chi connectivity index (χ4v) is 2.02. The van der Waals surface area contributed by atoms with Crippen molar-refractivity contribution in [3.63, 3.8) is 0 Å². The van der Waals surface area contributed by atoms with Gasteiger partial charge in [0, 0.05) is 6.54 Å². The Morgan fingerprint density at radius 2 is 2.12 bits per heavy atom. The molecule has 1 fully saturated rings. The first-order chi connectivity index (χ1) is 8.02. The number of amides is 1. The number of carboxylic acids is 1. The third-order valence-corrected chi connectivity index (χ3v) is 3.24. The summed E-state index contributed by atoms with van der Waals surface area (Å²) in [6, 6.07) is -0.148. The summed E-state index contributed by atoms with van der Waals surface area (Å²) in [5, 5.41) is 14.9. The van der Waals surface area contributed by atoms with Crippen LogP contribution < -0.4 is 10.6 Å². The number of carbonyl (C=O) groups excluding carboxylic acids is 1. The van der Waals surface area contributed by atoms with Gasteiger partial charge in [0.2, 0.25) is 5.91 Å². The Balaban J connectivity index is 2.37. The minimum absolute atomic E-state index is 0.0205. The van der Waals surface area contributed by atoms with Crippen molar-refractivity contribution in [1.29, 1.82) is 0 Å². The lowest BCUT2D eigenvalue weighted by Crippen LogP contribution is -2.48. The molecule has 1 heterocycles. The highest BCUT2D eigenvalue weighted by Crippen LogP contribution is 2.11. The molecule has 0 aromatic rings. The number of aliphatic carboxylic acids is 1. The van der Waals surface area contributed by atoms with Gasteiger partial charge in [0.05, 0.1) is 12.0 Å². The molecule has 0 radical (unpaired) electrons. The Labute approximate surface area is 102 Å². The Morgan fingerprint density at radius 1 is 1.41 bits per heavy atom. The minimum atomic E-state index is -0.850. The minimum Gasteiger partial charge on any atom is -0.481 e. The molecule has 5 heteroatoms. The van der Waals surface area contributed by atoms with Gasteiger partial charge in [-0.2, -0.15) is 0 Å². The summed E-state index contributed by atoms with van der Waals surface area (Å²) in [5.74, 6) is -1.41. The molecule has 5 nitrogen and oxygen atoms in total. The Morgan fingerprint density at radius 3 is 2.59 bits per heavy atom. The van der Waals surface area contributed by atoms with Crippen LogP contribution in [0.25, 0.3) is 0 Å². The fraction of sp³-hybridized carbons (Fsp3) is 0.833. The first-order valence-electron chi connectivity index (χ1n) is 6.26. The average Bonchev–Trinajstić information content (AvgIpc) is 2.29. The van der Waals surface area contributed by atoms with Gasteiger partial charge in [-0.25, -0.2) is 0 Å². The van der Waals surface area contributed by atoms with E-state index >= 15 is 0 Å². The van der Waals surface area contributed by atoms with Gasteiger partial charge in [0.25, 0.3) is 0 Å². The van der Waals surface area contributed by atoms with Crippen molar-refractivity contribution < 1.29 is 14.7 Å². The molecular formula is C12H22N2O3. The molecule has 2 atom stereocenters. The lowest BCUT2D eigenvalue weighted by Gasteiger charge is -2.24. The van der Waals surface area contributed by atoms with Crippen molar-refractivity contribution in [3.8, 4) is 0 Å². The standard InChI is InChI=1S/C12H22N2O3/c1-8(2)9(12(16)17)7-14-11(15)10-5-3-4-6-13-10/h8-10,13H,3-7H2,1-2H3,(H,14,15)(H,16,17)/t9?,10-/m0/s1. The van der Waals surface area contributed by atoms with Gasteiger partial charge >= 0.3 is 5.97 Å². The topological polar surface area (TPSA) is 78.4 Å². The van der Waals surface area contributed by atoms with Crippen molar-refractivity contribution in [2.75, 3.05) is 13.1 Å². The molecule has 1 aliphatic rings. The van der Waals surface area contributed by atoms with Crippen molar-refractivity contribution in [3.05, 3.63) is 0 Å². The molecule has 0 aliphatic carbocycles. The van der Waals surface area contributed by atoms with Crippen LogP contribution in [0.2, 0.25) is 0 Å². The zero-order chi connectivity index (χ0) is 12.8. The molecular weight excluding hydrogens is 220 g/mol. The van der Waals surface area contributed by atoms with Crippen LogP contribution in [0.4, 0.5) is 0 Å². The smallest absolute Gasteiger partial charge is 0.308 e. The van der Waals surface area contributed by atoms with Crippen LogP contribution in [0.3, 0.4) is 0 Å². The second kappa shape index (κ2) is 6.59. The molecule has 1 rings (SSSR count). The number of rotatable bonds is 5. The predicted octanol–water partition coefficient (Wildman–Crippen LogP) is 0.602. The van der Waals surface area contributed by atoms with E-state index in [1.165, 1.54) is 0 Å². The predicted molar refractivity (Wildman–Crippen MR) is 64.6 cm³/mol. The van der Waals surface area contributed by atoms with Crippen LogP contribution in [0.15, 0.2) is 0 Å². The van der Waals surface area contributed by atoms with Crippen molar-refractivity contribution in [2.45, 2.75) is 39.2 Å². The first-order valence-corrected chi connectivity index (χ1v) is 6.26. The normalized spacial score (nSPS) is 22.2. The number of carbonyl (C=O) groups is 2. The van der Waals surface area contributed by atoms with Gasteiger partial charge < -0.3 is 15.7 Å². The number of hydrogen-bond acceptors (Lipinski definition) is 3. The molecule has 98 valence electrons. The maximum Gasteiger partial charge on any atom is 0.308 e. The highest BCUT2D eigenvalue weighted by atomic mass is 16.4. The summed E-state index contributed by atoms with van der Waals surface area (Å²) in [4.78, 5) is 22.7. The van der Waals surface area contributed by atoms with Crippen LogP contribution in [-0.4, -0.2) is 36.1 Å². The second-order valence-corrected chi connectivity index (χ2v) is 4.94. The number of hydrogen-bond donors (Lipinski definition) is 3. The second-order valence-electron chi connectivity index (χ2n) is 4.94. The third kappa shape index (κ3) is 4.34. The van der Waals surface area contributed by atoms with Gasteiger partial charge in [-0.3, -0.25) is 9.59 Å². The number of piperidine rings is 1. The molecule has 0 aromatic heterocycles. The average molecular weight is 242 g/mol. The molecule has 0 saturated carbocycles. The van der Waals surface area contributed by atoms with Crippen LogP contribution >= 0.6 is 0 Å². The first kappa shape index (κ1) is 14.0. The maximum absolute atomic E-state index is 11.8. The summed E-state index contributed by atoms with van der Waals surface area (Å²) in [6.45, 7) is 4.78. The molecule has 17 heavy (non-hydrogen) atoms. The highest BCUT2D eigenvalue weighted by molar-refractivity contribution is 5.82. The Kier molecular flexibility index (Phi) is 5.41. The monoisotopic (exact) mass is 242 g/mol. The quantitative estimate of drug-likeness (QED) is 0.659. The fourth-order valence-electron chi connectivity index (χ4n) is 2.02. The lowest BCUT2D eigenvalue weighted by atomic mass is 9.95. The van der Waals surface area contributed by atoms with Crippen molar-refractivity contribution >= 4 is 11.9 Å². The Bertz CT molecular complexity index is 273. The molecule has 1 unspecified atom stereocenters. The van der Waals surface area contributed by atoms with Crippen LogP contribution in [-0.2, 0) is 9.59 Å². The van der Waals surface area contributed by atoms with E-state index in [4.69, 9.17) is 5.11 Å². The molecule has 3 N–H and O–H groups in total. The lowest BCUT2D eigenvalue weighted by molar-refractivity contribution is -0.143. The molecule has 1 amide bonds. The SMILES string of the molecule is CC(C)C(CNC(=O)[C@@H]1CCCCN1)C(=O)O. The third-order valence-electron chi connectivity index (χ3n) is 3.24. The van der Waals surface area contributed by atoms with Crippen LogP contribution in [0.5, 0.6) is 0 Å². The summed E-state index contributed by atoms with van der Waals surface area (Å²) in [6.07, 6.45) is 3.00. The number of nitrogens with one attached hydrogen (secondary N) is 2. The molecule has 1 saturated heterocycles. The van der Waals surface area contributed by atoms with Crippen LogP contribution in [0, 0.1) is 11.8 Å². The Hall–Kier alpha value is -1.10. The summed E-state index contributed by atoms with van der Waals surface area (Å²) in [7, 11) is 0. The van der Waals surface area contributed by atoms with E-state index in [-0.39, 0.29) is 24.4 Å².